The molecule has 19 heavy (non-hydrogen) atoms. The lowest BCUT2D eigenvalue weighted by atomic mass is 9.96. The minimum Gasteiger partial charge on any atom is -0.479 e. The van der Waals surface area contributed by atoms with Crippen molar-refractivity contribution in [1.29, 1.82) is 0 Å². The lowest BCUT2D eigenvalue weighted by Gasteiger charge is -2.29. The number of hydrogen-bond acceptors (Lipinski definition) is 3. The Morgan fingerprint density at radius 3 is 2.53 bits per heavy atom. The van der Waals surface area contributed by atoms with Gasteiger partial charge in [-0.3, -0.25) is 0 Å². The van der Waals surface area contributed by atoms with Crippen LogP contribution >= 0.6 is 0 Å². The SMILES string of the molecule is O=C(O)C(O)CNC(=O)N1CCCC1C1CCCC1. The van der Waals surface area contributed by atoms with E-state index in [0.717, 1.165) is 19.4 Å². The highest BCUT2D eigenvalue weighted by Gasteiger charge is 2.35. The maximum absolute atomic E-state index is 12.1. The van der Waals surface area contributed by atoms with Crippen LogP contribution in [0.3, 0.4) is 0 Å². The fourth-order valence-electron chi connectivity index (χ4n) is 3.25. The summed E-state index contributed by atoms with van der Waals surface area (Å²) in [7, 11) is 0. The molecule has 2 amide bonds. The maximum atomic E-state index is 12.1. The molecule has 1 saturated carbocycles. The number of carbonyl (C=O) groups is 2. The molecule has 2 aliphatic rings. The van der Waals surface area contributed by atoms with Gasteiger partial charge < -0.3 is 20.4 Å². The molecule has 0 aromatic heterocycles. The molecule has 2 fully saturated rings. The normalized spacial score (nSPS) is 25.5. The standard InChI is InChI=1S/C13H22N2O4/c16-11(12(17)18)8-14-13(19)15-7-3-6-10(15)9-4-1-2-5-9/h9-11,16H,1-8H2,(H,14,19)(H,17,18). The second-order valence-electron chi connectivity index (χ2n) is 5.49. The summed E-state index contributed by atoms with van der Waals surface area (Å²) in [6, 6.07) is 0.0548. The number of hydrogen-bond donors (Lipinski definition) is 3. The Kier molecular flexibility index (Phi) is 4.63. The first-order valence-corrected chi connectivity index (χ1v) is 7.05. The van der Waals surface area contributed by atoms with Gasteiger partial charge in [-0.05, 0) is 31.6 Å². The van der Waals surface area contributed by atoms with E-state index in [2.05, 4.69) is 5.32 Å². The zero-order chi connectivity index (χ0) is 13.8. The van der Waals surface area contributed by atoms with Crippen molar-refractivity contribution in [3.05, 3.63) is 0 Å². The molecule has 108 valence electrons. The molecule has 3 N–H and O–H groups in total. The van der Waals surface area contributed by atoms with Gasteiger partial charge in [0.1, 0.15) is 0 Å². The zero-order valence-corrected chi connectivity index (χ0v) is 11.0. The van der Waals surface area contributed by atoms with E-state index in [1.807, 2.05) is 4.90 Å². The second-order valence-corrected chi connectivity index (χ2v) is 5.49. The number of nitrogens with one attached hydrogen (secondary N) is 1. The van der Waals surface area contributed by atoms with Crippen LogP contribution in [-0.4, -0.2) is 52.3 Å². The van der Waals surface area contributed by atoms with Gasteiger partial charge in [-0.15, -0.1) is 0 Å². The van der Waals surface area contributed by atoms with E-state index in [1.54, 1.807) is 0 Å². The summed E-state index contributed by atoms with van der Waals surface area (Å²) in [5.41, 5.74) is 0. The Morgan fingerprint density at radius 2 is 1.89 bits per heavy atom. The predicted molar refractivity (Wildman–Crippen MR) is 68.7 cm³/mol. The van der Waals surface area contributed by atoms with Crippen molar-refractivity contribution in [3.8, 4) is 0 Å². The Morgan fingerprint density at radius 1 is 1.21 bits per heavy atom. The number of likely N-dealkylation sites (tertiary alicyclic amines) is 1. The monoisotopic (exact) mass is 270 g/mol. The molecule has 2 atom stereocenters. The molecule has 1 saturated heterocycles. The predicted octanol–water partition coefficient (Wildman–Crippen LogP) is 0.796. The van der Waals surface area contributed by atoms with Crippen LogP contribution in [0.25, 0.3) is 0 Å². The first-order valence-electron chi connectivity index (χ1n) is 7.05. The van der Waals surface area contributed by atoms with E-state index in [0.29, 0.717) is 12.0 Å². The third kappa shape index (κ3) is 3.37. The molecule has 6 nitrogen and oxygen atoms in total. The number of urea groups is 1. The molecule has 0 aromatic carbocycles. The first kappa shape index (κ1) is 14.1. The smallest absolute Gasteiger partial charge is 0.334 e. The molecule has 0 bridgehead atoms. The molecule has 2 rings (SSSR count). The van der Waals surface area contributed by atoms with Gasteiger partial charge in [-0.1, -0.05) is 12.8 Å². The number of amides is 2. The van der Waals surface area contributed by atoms with Crippen molar-refractivity contribution in [2.45, 2.75) is 50.7 Å². The van der Waals surface area contributed by atoms with E-state index in [-0.39, 0.29) is 12.6 Å². The molecule has 1 aliphatic carbocycles. The minimum absolute atomic E-state index is 0.234. The summed E-state index contributed by atoms with van der Waals surface area (Å²) in [5.74, 6) is -0.716. The highest BCUT2D eigenvalue weighted by atomic mass is 16.4. The largest absolute Gasteiger partial charge is 0.479 e. The number of aliphatic carboxylic acids is 1. The molecule has 0 spiro atoms. The van der Waals surface area contributed by atoms with Gasteiger partial charge in [-0.25, -0.2) is 9.59 Å². The minimum atomic E-state index is -1.53. The molecule has 1 heterocycles. The highest BCUT2D eigenvalue weighted by Crippen LogP contribution is 2.35. The van der Waals surface area contributed by atoms with Crippen LogP contribution in [0, 0.1) is 5.92 Å². The van der Waals surface area contributed by atoms with Crippen molar-refractivity contribution in [3.63, 3.8) is 0 Å². The topological polar surface area (TPSA) is 89.9 Å². The van der Waals surface area contributed by atoms with Crippen LogP contribution in [0.15, 0.2) is 0 Å². The third-order valence-corrected chi connectivity index (χ3v) is 4.24. The van der Waals surface area contributed by atoms with Gasteiger partial charge in [0, 0.05) is 12.6 Å². The van der Waals surface area contributed by atoms with Gasteiger partial charge in [0.15, 0.2) is 6.10 Å². The molecular weight excluding hydrogens is 248 g/mol. The van der Waals surface area contributed by atoms with E-state index in [9.17, 15) is 9.59 Å². The van der Waals surface area contributed by atoms with Crippen molar-refractivity contribution >= 4 is 12.0 Å². The van der Waals surface area contributed by atoms with Crippen LogP contribution in [-0.2, 0) is 4.79 Å². The van der Waals surface area contributed by atoms with Crippen LogP contribution in [0.1, 0.15) is 38.5 Å². The van der Waals surface area contributed by atoms with Crippen molar-refractivity contribution in [2.75, 3.05) is 13.1 Å². The molecule has 0 radical (unpaired) electrons. The summed E-state index contributed by atoms with van der Waals surface area (Å²) in [5, 5.41) is 20.2. The van der Waals surface area contributed by atoms with Gasteiger partial charge >= 0.3 is 12.0 Å². The highest BCUT2D eigenvalue weighted by molar-refractivity contribution is 5.77. The number of carboxylic acid groups (broad SMARTS) is 1. The lowest BCUT2D eigenvalue weighted by Crippen LogP contribution is -2.48. The number of rotatable bonds is 4. The van der Waals surface area contributed by atoms with Crippen LogP contribution in [0.5, 0.6) is 0 Å². The number of aliphatic hydroxyl groups excluding tert-OH is 1. The average Bonchev–Trinajstić information content (AvgIpc) is 3.04. The molecule has 1 aliphatic heterocycles. The van der Waals surface area contributed by atoms with Gasteiger partial charge in [-0.2, -0.15) is 0 Å². The van der Waals surface area contributed by atoms with Gasteiger partial charge in [0.25, 0.3) is 0 Å². The second kappa shape index (κ2) is 6.23. The third-order valence-electron chi connectivity index (χ3n) is 4.24. The van der Waals surface area contributed by atoms with Crippen LogP contribution in [0.2, 0.25) is 0 Å². The first-order chi connectivity index (χ1) is 9.09. The Bertz CT molecular complexity index is 342. The fourth-order valence-corrected chi connectivity index (χ4v) is 3.25. The number of aliphatic hydroxyl groups is 1. The van der Waals surface area contributed by atoms with Gasteiger partial charge in [0.05, 0.1) is 6.54 Å². The number of carbonyl (C=O) groups excluding carboxylic acids is 1. The van der Waals surface area contributed by atoms with Crippen molar-refractivity contribution in [1.82, 2.24) is 10.2 Å². The molecule has 0 aromatic rings. The van der Waals surface area contributed by atoms with Crippen LogP contribution < -0.4 is 5.32 Å². The van der Waals surface area contributed by atoms with E-state index in [4.69, 9.17) is 10.2 Å². The van der Waals surface area contributed by atoms with E-state index < -0.39 is 12.1 Å². The van der Waals surface area contributed by atoms with E-state index >= 15 is 0 Å². The maximum Gasteiger partial charge on any atom is 0.334 e. The number of nitrogens with zero attached hydrogens (tertiary/aromatic N) is 1. The number of carboxylic acids is 1. The molecule has 6 heteroatoms. The zero-order valence-electron chi connectivity index (χ0n) is 11.0. The Balaban J connectivity index is 1.85. The van der Waals surface area contributed by atoms with Crippen molar-refractivity contribution < 1.29 is 19.8 Å². The summed E-state index contributed by atoms with van der Waals surface area (Å²) < 4.78 is 0. The van der Waals surface area contributed by atoms with Crippen molar-refractivity contribution in [2.24, 2.45) is 5.92 Å². The van der Waals surface area contributed by atoms with E-state index in [1.165, 1.54) is 25.7 Å². The quantitative estimate of drug-likeness (QED) is 0.704. The molecular formula is C13H22N2O4. The summed E-state index contributed by atoms with van der Waals surface area (Å²) in [6.45, 7) is 0.498. The summed E-state index contributed by atoms with van der Waals surface area (Å²) in [6.07, 6.45) is 5.38. The summed E-state index contributed by atoms with van der Waals surface area (Å²) >= 11 is 0. The lowest BCUT2D eigenvalue weighted by molar-refractivity contribution is -0.146. The average molecular weight is 270 g/mol. The van der Waals surface area contributed by atoms with Crippen LogP contribution in [0.4, 0.5) is 4.79 Å². The fraction of sp³-hybridized carbons (Fsp3) is 0.846. The van der Waals surface area contributed by atoms with Gasteiger partial charge in [0.2, 0.25) is 0 Å². The summed E-state index contributed by atoms with van der Waals surface area (Å²) in [4.78, 5) is 24.4. The molecule has 2 unspecified atom stereocenters. The Hall–Kier alpha value is -1.30. The Labute approximate surface area is 112 Å².